The smallest absolute Gasteiger partial charge is 0.226 e. The highest BCUT2D eigenvalue weighted by Crippen LogP contribution is 2.29. The first-order chi connectivity index (χ1) is 9.24. The van der Waals surface area contributed by atoms with Gasteiger partial charge in [0, 0.05) is 16.1 Å². The molecule has 0 spiro atoms. The Morgan fingerprint density at radius 1 is 0.895 bits per heavy atom. The Kier molecular flexibility index (Phi) is 3.10. The van der Waals surface area contributed by atoms with Gasteiger partial charge in [-0.15, -0.1) is 0 Å². The number of aromatic nitrogens is 1. The number of halogens is 1. The van der Waals surface area contributed by atoms with Crippen LogP contribution in [0, 0.1) is 6.92 Å². The number of hydrogen-bond acceptors (Lipinski definition) is 2. The Labute approximate surface area is 116 Å². The molecule has 0 saturated heterocycles. The molecule has 0 fully saturated rings. The average Bonchev–Trinajstić information content (AvgIpc) is 2.83. The minimum Gasteiger partial charge on any atom is -0.436 e. The summed E-state index contributed by atoms with van der Waals surface area (Å²) in [6.45, 7) is 1.95. The summed E-state index contributed by atoms with van der Waals surface area (Å²) in [5.41, 5.74) is 2.85. The van der Waals surface area contributed by atoms with Crippen molar-refractivity contribution < 1.29 is 4.42 Å². The van der Waals surface area contributed by atoms with Crippen molar-refractivity contribution in [2.45, 2.75) is 6.92 Å². The first kappa shape index (κ1) is 12.0. The minimum atomic E-state index is 0.619. The molecule has 3 rings (SSSR count). The van der Waals surface area contributed by atoms with Gasteiger partial charge in [-0.2, -0.15) is 0 Å². The summed E-state index contributed by atoms with van der Waals surface area (Å²) in [5, 5.41) is 0.704. The summed E-state index contributed by atoms with van der Waals surface area (Å²) < 4.78 is 5.87. The summed E-state index contributed by atoms with van der Waals surface area (Å²) in [4.78, 5) is 4.48. The normalized spacial score (nSPS) is 10.6. The fraction of sp³-hybridized carbons (Fsp3) is 0.0625. The first-order valence-corrected chi connectivity index (χ1v) is 6.40. The summed E-state index contributed by atoms with van der Waals surface area (Å²) in [5.74, 6) is 1.43. The zero-order chi connectivity index (χ0) is 13.2. The summed E-state index contributed by atoms with van der Waals surface area (Å²) >= 11 is 5.88. The van der Waals surface area contributed by atoms with Crippen molar-refractivity contribution in [1.29, 1.82) is 0 Å². The van der Waals surface area contributed by atoms with Gasteiger partial charge < -0.3 is 4.42 Å². The van der Waals surface area contributed by atoms with Crippen molar-refractivity contribution in [2.75, 3.05) is 0 Å². The predicted octanol–water partition coefficient (Wildman–Crippen LogP) is 4.97. The third-order valence-corrected chi connectivity index (χ3v) is 3.18. The Balaban J connectivity index is 2.04. The van der Waals surface area contributed by atoms with E-state index in [0.29, 0.717) is 10.9 Å². The average molecular weight is 270 g/mol. The van der Waals surface area contributed by atoms with Gasteiger partial charge in [0.2, 0.25) is 5.89 Å². The molecule has 19 heavy (non-hydrogen) atoms. The van der Waals surface area contributed by atoms with Crippen molar-refractivity contribution in [2.24, 2.45) is 0 Å². The van der Waals surface area contributed by atoms with Gasteiger partial charge in [-0.3, -0.25) is 0 Å². The maximum atomic E-state index is 5.88. The lowest BCUT2D eigenvalue weighted by atomic mass is 10.1. The second-order valence-corrected chi connectivity index (χ2v) is 4.74. The fourth-order valence-corrected chi connectivity index (χ4v) is 2.10. The van der Waals surface area contributed by atoms with Crippen molar-refractivity contribution >= 4 is 11.6 Å². The van der Waals surface area contributed by atoms with Crippen LogP contribution in [0.4, 0.5) is 0 Å². The standard InChI is InChI=1S/C16H12ClNO/c1-11-15(12-5-3-2-4-6-12)19-16(18-11)13-7-9-14(17)10-8-13/h2-10H,1H3. The van der Waals surface area contributed by atoms with E-state index in [9.17, 15) is 0 Å². The van der Waals surface area contributed by atoms with Gasteiger partial charge in [0.05, 0.1) is 5.69 Å². The summed E-state index contributed by atoms with van der Waals surface area (Å²) in [6, 6.07) is 17.5. The largest absolute Gasteiger partial charge is 0.436 e. The molecular formula is C16H12ClNO. The SMILES string of the molecule is Cc1nc(-c2ccc(Cl)cc2)oc1-c1ccccc1. The lowest BCUT2D eigenvalue weighted by Gasteiger charge is -1.97. The van der Waals surface area contributed by atoms with Crippen molar-refractivity contribution in [3.05, 3.63) is 65.3 Å². The summed E-state index contributed by atoms with van der Waals surface area (Å²) in [6.07, 6.45) is 0. The number of aryl methyl sites for hydroxylation is 1. The van der Waals surface area contributed by atoms with E-state index in [1.165, 1.54) is 0 Å². The molecular weight excluding hydrogens is 258 g/mol. The molecule has 94 valence electrons. The van der Waals surface area contributed by atoms with Crippen LogP contribution in [0.25, 0.3) is 22.8 Å². The van der Waals surface area contributed by atoms with Gasteiger partial charge >= 0.3 is 0 Å². The van der Waals surface area contributed by atoms with Gasteiger partial charge in [0.15, 0.2) is 5.76 Å². The highest BCUT2D eigenvalue weighted by molar-refractivity contribution is 6.30. The maximum absolute atomic E-state index is 5.88. The molecule has 0 aliphatic rings. The van der Waals surface area contributed by atoms with Crippen LogP contribution in [0.15, 0.2) is 59.0 Å². The highest BCUT2D eigenvalue weighted by atomic mass is 35.5. The Bertz CT molecular complexity index is 687. The Morgan fingerprint density at radius 2 is 1.58 bits per heavy atom. The van der Waals surface area contributed by atoms with E-state index in [-0.39, 0.29) is 0 Å². The molecule has 0 unspecified atom stereocenters. The second-order valence-electron chi connectivity index (χ2n) is 4.31. The third-order valence-electron chi connectivity index (χ3n) is 2.92. The van der Waals surface area contributed by atoms with Crippen LogP contribution in [-0.2, 0) is 0 Å². The number of rotatable bonds is 2. The predicted molar refractivity (Wildman–Crippen MR) is 77.1 cm³/mol. The quantitative estimate of drug-likeness (QED) is 0.656. The van der Waals surface area contributed by atoms with Crippen LogP contribution in [0.1, 0.15) is 5.69 Å². The highest BCUT2D eigenvalue weighted by Gasteiger charge is 2.12. The molecule has 0 amide bonds. The molecule has 0 bridgehead atoms. The molecule has 2 aromatic carbocycles. The number of hydrogen-bond donors (Lipinski definition) is 0. The maximum Gasteiger partial charge on any atom is 0.226 e. The van der Waals surface area contributed by atoms with Gasteiger partial charge in [-0.1, -0.05) is 41.9 Å². The number of nitrogens with zero attached hydrogens (tertiary/aromatic N) is 1. The van der Waals surface area contributed by atoms with E-state index in [0.717, 1.165) is 22.6 Å². The molecule has 3 aromatic rings. The Hall–Kier alpha value is -2.06. The fourth-order valence-electron chi connectivity index (χ4n) is 1.97. The molecule has 1 heterocycles. The van der Waals surface area contributed by atoms with E-state index >= 15 is 0 Å². The second kappa shape index (κ2) is 4.90. The zero-order valence-corrected chi connectivity index (χ0v) is 11.2. The van der Waals surface area contributed by atoms with Gasteiger partial charge in [-0.25, -0.2) is 4.98 Å². The van der Waals surface area contributed by atoms with Crippen LogP contribution in [0.3, 0.4) is 0 Å². The van der Waals surface area contributed by atoms with Gasteiger partial charge in [0.1, 0.15) is 0 Å². The molecule has 0 aliphatic carbocycles. The van der Waals surface area contributed by atoms with Crippen LogP contribution >= 0.6 is 11.6 Å². The lowest BCUT2D eigenvalue weighted by molar-refractivity contribution is 0.588. The number of oxazole rings is 1. The molecule has 0 N–H and O–H groups in total. The summed E-state index contributed by atoms with van der Waals surface area (Å²) in [7, 11) is 0. The molecule has 3 heteroatoms. The molecule has 0 atom stereocenters. The topological polar surface area (TPSA) is 26.0 Å². The van der Waals surface area contributed by atoms with E-state index in [1.54, 1.807) is 0 Å². The molecule has 1 aromatic heterocycles. The monoisotopic (exact) mass is 269 g/mol. The van der Waals surface area contributed by atoms with Gasteiger partial charge in [0.25, 0.3) is 0 Å². The van der Waals surface area contributed by atoms with E-state index in [1.807, 2.05) is 61.5 Å². The van der Waals surface area contributed by atoms with E-state index < -0.39 is 0 Å². The van der Waals surface area contributed by atoms with Crippen LogP contribution in [0.5, 0.6) is 0 Å². The van der Waals surface area contributed by atoms with E-state index in [4.69, 9.17) is 16.0 Å². The molecule has 0 aliphatic heterocycles. The van der Waals surface area contributed by atoms with Crippen molar-refractivity contribution in [3.8, 4) is 22.8 Å². The van der Waals surface area contributed by atoms with Crippen LogP contribution in [0.2, 0.25) is 5.02 Å². The van der Waals surface area contributed by atoms with E-state index in [2.05, 4.69) is 4.98 Å². The van der Waals surface area contributed by atoms with Gasteiger partial charge in [-0.05, 0) is 31.2 Å². The lowest BCUT2D eigenvalue weighted by Crippen LogP contribution is -1.78. The minimum absolute atomic E-state index is 0.619. The van der Waals surface area contributed by atoms with Crippen LogP contribution < -0.4 is 0 Å². The first-order valence-electron chi connectivity index (χ1n) is 6.03. The number of benzene rings is 2. The third kappa shape index (κ3) is 2.40. The molecule has 2 nitrogen and oxygen atoms in total. The molecule has 0 radical (unpaired) electrons. The zero-order valence-electron chi connectivity index (χ0n) is 10.4. The Morgan fingerprint density at radius 3 is 2.26 bits per heavy atom. The molecule has 0 saturated carbocycles. The van der Waals surface area contributed by atoms with Crippen molar-refractivity contribution in [3.63, 3.8) is 0 Å². The van der Waals surface area contributed by atoms with Crippen LogP contribution in [-0.4, -0.2) is 4.98 Å². The van der Waals surface area contributed by atoms with Crippen molar-refractivity contribution in [1.82, 2.24) is 4.98 Å².